The molecule has 6 heteroatoms. The molecule has 0 aliphatic rings. The van der Waals surface area contributed by atoms with Gasteiger partial charge < -0.3 is 14.2 Å². The number of benzene rings is 1. The lowest BCUT2D eigenvalue weighted by molar-refractivity contribution is -0.0393. The number of amides is 1. The van der Waals surface area contributed by atoms with Gasteiger partial charge in [-0.2, -0.15) is 0 Å². The van der Waals surface area contributed by atoms with Gasteiger partial charge in [-0.25, -0.2) is 5.48 Å². The van der Waals surface area contributed by atoms with Crippen LogP contribution in [-0.2, 0) is 20.9 Å². The van der Waals surface area contributed by atoms with Gasteiger partial charge in [0.05, 0.1) is 20.8 Å². The number of carbonyl (C=O) groups excluding carboxylic acids is 1. The van der Waals surface area contributed by atoms with Crippen LogP contribution in [0.4, 0.5) is 0 Å². The average Bonchev–Trinajstić information content (AvgIpc) is 2.39. The van der Waals surface area contributed by atoms with Gasteiger partial charge in [0.15, 0.2) is 0 Å². The lowest BCUT2D eigenvalue weighted by Gasteiger charge is -2.11. The van der Waals surface area contributed by atoms with Crippen molar-refractivity contribution in [2.45, 2.75) is 6.61 Å². The molecule has 1 aromatic rings. The summed E-state index contributed by atoms with van der Waals surface area (Å²) >= 11 is 0. The molecule has 100 valence electrons. The topological polar surface area (TPSA) is 66.0 Å². The molecule has 18 heavy (non-hydrogen) atoms. The second-order valence-corrected chi connectivity index (χ2v) is 3.41. The Kier molecular flexibility index (Phi) is 6.13. The molecule has 1 rings (SSSR count). The van der Waals surface area contributed by atoms with Crippen LogP contribution >= 0.6 is 0 Å². The van der Waals surface area contributed by atoms with Crippen molar-refractivity contribution in [3.05, 3.63) is 29.3 Å². The number of hydroxylamine groups is 1. The lowest BCUT2D eigenvalue weighted by Crippen LogP contribution is -2.23. The number of hydrogen-bond acceptors (Lipinski definition) is 5. The number of methoxy groups -OCH3 is 2. The molecule has 0 heterocycles. The maximum absolute atomic E-state index is 11.7. The minimum absolute atomic E-state index is 0.155. The summed E-state index contributed by atoms with van der Waals surface area (Å²) < 4.78 is 15.1. The molecule has 0 fully saturated rings. The van der Waals surface area contributed by atoms with Gasteiger partial charge in [0.25, 0.3) is 5.91 Å². The van der Waals surface area contributed by atoms with Crippen LogP contribution in [0.25, 0.3) is 0 Å². The van der Waals surface area contributed by atoms with E-state index >= 15 is 0 Å². The van der Waals surface area contributed by atoms with E-state index < -0.39 is 0 Å². The fourth-order valence-corrected chi connectivity index (χ4v) is 1.42. The van der Waals surface area contributed by atoms with E-state index in [-0.39, 0.29) is 19.3 Å². The highest BCUT2D eigenvalue weighted by Gasteiger charge is 2.12. The van der Waals surface area contributed by atoms with Crippen molar-refractivity contribution in [3.8, 4) is 5.75 Å². The fourth-order valence-electron chi connectivity index (χ4n) is 1.42. The Morgan fingerprint density at radius 1 is 1.28 bits per heavy atom. The van der Waals surface area contributed by atoms with E-state index in [2.05, 4.69) is 10.3 Å². The predicted octanol–water partition coefficient (Wildman–Crippen LogP) is 1.11. The summed E-state index contributed by atoms with van der Waals surface area (Å²) in [6, 6.07) is 5.09. The molecule has 0 atom stereocenters. The molecule has 0 aromatic heterocycles. The number of ether oxygens (including phenoxy) is 3. The van der Waals surface area contributed by atoms with Crippen LogP contribution in [0.15, 0.2) is 18.2 Å². The zero-order valence-corrected chi connectivity index (χ0v) is 10.7. The molecule has 0 saturated heterocycles. The van der Waals surface area contributed by atoms with Crippen LogP contribution in [0, 0.1) is 0 Å². The van der Waals surface area contributed by atoms with Crippen LogP contribution in [0.2, 0.25) is 0 Å². The molecule has 6 nitrogen and oxygen atoms in total. The molecule has 0 radical (unpaired) electrons. The highest BCUT2D eigenvalue weighted by atomic mass is 16.7. The van der Waals surface area contributed by atoms with Crippen molar-refractivity contribution in [2.24, 2.45) is 0 Å². The molecule has 0 aliphatic heterocycles. The van der Waals surface area contributed by atoms with E-state index in [1.165, 1.54) is 14.2 Å². The van der Waals surface area contributed by atoms with Gasteiger partial charge >= 0.3 is 0 Å². The van der Waals surface area contributed by atoms with Crippen molar-refractivity contribution in [3.63, 3.8) is 0 Å². The summed E-state index contributed by atoms with van der Waals surface area (Å²) in [6.45, 7) is 0.403. The van der Waals surface area contributed by atoms with E-state index in [4.69, 9.17) is 14.2 Å². The summed E-state index contributed by atoms with van der Waals surface area (Å²) in [6.07, 6.45) is 0. The highest BCUT2D eigenvalue weighted by Crippen LogP contribution is 2.18. The van der Waals surface area contributed by atoms with E-state index in [0.717, 1.165) is 0 Å². The zero-order valence-electron chi connectivity index (χ0n) is 10.7. The quantitative estimate of drug-likeness (QED) is 0.449. The van der Waals surface area contributed by atoms with Gasteiger partial charge in [0.1, 0.15) is 12.5 Å². The first-order chi connectivity index (χ1) is 8.72. The molecule has 0 unspecified atom stereocenters. The number of rotatable bonds is 7. The lowest BCUT2D eigenvalue weighted by atomic mass is 10.1. The monoisotopic (exact) mass is 255 g/mol. The average molecular weight is 255 g/mol. The normalized spacial score (nSPS) is 10.2. The predicted molar refractivity (Wildman–Crippen MR) is 64.1 cm³/mol. The Balaban J connectivity index is 2.89. The summed E-state index contributed by atoms with van der Waals surface area (Å²) in [7, 11) is 4.47. The van der Waals surface area contributed by atoms with Gasteiger partial charge in [-0.3, -0.25) is 9.63 Å². The molecule has 1 amide bonds. The second-order valence-electron chi connectivity index (χ2n) is 3.41. The van der Waals surface area contributed by atoms with E-state index in [1.54, 1.807) is 25.3 Å². The number of nitrogens with one attached hydrogen (secondary N) is 1. The third-order valence-corrected chi connectivity index (χ3v) is 2.21. The van der Waals surface area contributed by atoms with Gasteiger partial charge in [-0.05, 0) is 23.8 Å². The second kappa shape index (κ2) is 7.65. The van der Waals surface area contributed by atoms with Crippen LogP contribution in [0.1, 0.15) is 15.9 Å². The van der Waals surface area contributed by atoms with Gasteiger partial charge in [0.2, 0.25) is 0 Å². The molecular weight excluding hydrogens is 238 g/mol. The van der Waals surface area contributed by atoms with E-state index in [9.17, 15) is 4.79 Å². The first-order valence-corrected chi connectivity index (χ1v) is 5.29. The standard InChI is InChI=1S/C12H17NO5/c1-15-8-18-7-9-6-10(16-2)4-5-11(9)12(14)13-17-3/h4-6H,7-8H2,1-3H3,(H,13,14). The van der Waals surface area contributed by atoms with Gasteiger partial charge in [-0.1, -0.05) is 0 Å². The first kappa shape index (κ1) is 14.4. The maximum atomic E-state index is 11.7. The van der Waals surface area contributed by atoms with Crippen molar-refractivity contribution < 1.29 is 23.8 Å². The van der Waals surface area contributed by atoms with Crippen LogP contribution < -0.4 is 10.2 Å². The van der Waals surface area contributed by atoms with Crippen LogP contribution in [0.3, 0.4) is 0 Å². The minimum atomic E-state index is -0.337. The van der Waals surface area contributed by atoms with Gasteiger partial charge in [0, 0.05) is 12.7 Å². The van der Waals surface area contributed by atoms with E-state index in [1.807, 2.05) is 0 Å². The summed E-state index contributed by atoms with van der Waals surface area (Å²) in [5.74, 6) is 0.316. The number of hydrogen-bond donors (Lipinski definition) is 1. The fraction of sp³-hybridized carbons (Fsp3) is 0.417. The molecule has 0 spiro atoms. The van der Waals surface area contributed by atoms with Crippen molar-refractivity contribution in [2.75, 3.05) is 28.1 Å². The third-order valence-electron chi connectivity index (χ3n) is 2.21. The Hall–Kier alpha value is -1.63. The smallest absolute Gasteiger partial charge is 0.275 e. The van der Waals surface area contributed by atoms with Gasteiger partial charge in [-0.15, -0.1) is 0 Å². The first-order valence-electron chi connectivity index (χ1n) is 5.29. The Bertz CT molecular complexity index is 394. The van der Waals surface area contributed by atoms with E-state index in [0.29, 0.717) is 16.9 Å². The molecule has 1 aromatic carbocycles. The van der Waals surface area contributed by atoms with Crippen molar-refractivity contribution in [1.29, 1.82) is 0 Å². The van der Waals surface area contributed by atoms with Crippen LogP contribution in [-0.4, -0.2) is 34.0 Å². The highest BCUT2D eigenvalue weighted by molar-refractivity contribution is 5.95. The summed E-state index contributed by atoms with van der Waals surface area (Å²) in [4.78, 5) is 16.3. The van der Waals surface area contributed by atoms with Crippen molar-refractivity contribution >= 4 is 5.91 Å². The Labute approximate surface area is 106 Å². The molecule has 0 saturated carbocycles. The Morgan fingerprint density at radius 2 is 2.06 bits per heavy atom. The largest absolute Gasteiger partial charge is 0.497 e. The zero-order chi connectivity index (χ0) is 13.4. The SMILES string of the molecule is COCOCc1cc(OC)ccc1C(=O)NOC. The Morgan fingerprint density at radius 3 is 2.67 bits per heavy atom. The maximum Gasteiger partial charge on any atom is 0.275 e. The van der Waals surface area contributed by atoms with Crippen molar-refractivity contribution in [1.82, 2.24) is 5.48 Å². The summed E-state index contributed by atoms with van der Waals surface area (Å²) in [5, 5.41) is 0. The minimum Gasteiger partial charge on any atom is -0.497 e. The van der Waals surface area contributed by atoms with Crippen LogP contribution in [0.5, 0.6) is 5.75 Å². The number of carbonyl (C=O) groups is 1. The summed E-state index contributed by atoms with van der Waals surface area (Å²) in [5.41, 5.74) is 3.43. The molecule has 0 aliphatic carbocycles. The molecular formula is C12H17NO5. The molecule has 1 N–H and O–H groups in total. The molecule has 0 bridgehead atoms. The third kappa shape index (κ3) is 3.99.